The molecule has 1 unspecified atom stereocenters. The number of amides is 1. The fourth-order valence-corrected chi connectivity index (χ4v) is 4.25. The number of phenols is 1. The smallest absolute Gasteiger partial charge is 0.221 e. The predicted octanol–water partition coefficient (Wildman–Crippen LogP) is 6.32. The van der Waals surface area contributed by atoms with Gasteiger partial charge in [-0.2, -0.15) is 0 Å². The summed E-state index contributed by atoms with van der Waals surface area (Å²) in [6.45, 7) is 0. The molecule has 0 spiro atoms. The van der Waals surface area contributed by atoms with Crippen molar-refractivity contribution in [2.24, 2.45) is 0 Å². The van der Waals surface area contributed by atoms with E-state index in [0.29, 0.717) is 5.56 Å². The Morgan fingerprint density at radius 3 is 2.56 bits per heavy atom. The van der Waals surface area contributed by atoms with Crippen LogP contribution in [-0.4, -0.2) is 16.0 Å². The van der Waals surface area contributed by atoms with Gasteiger partial charge in [0.1, 0.15) is 17.4 Å². The van der Waals surface area contributed by atoms with E-state index >= 15 is 0 Å². The van der Waals surface area contributed by atoms with Gasteiger partial charge in [0.2, 0.25) is 5.91 Å². The Morgan fingerprint density at radius 1 is 0.972 bits per heavy atom. The van der Waals surface area contributed by atoms with Crippen molar-refractivity contribution in [2.45, 2.75) is 18.9 Å². The topological polar surface area (TPSA) is 75.4 Å². The molecular weight excluding hydrogens is 462 g/mol. The van der Waals surface area contributed by atoms with Crippen molar-refractivity contribution >= 4 is 16.7 Å². The van der Waals surface area contributed by atoms with Crippen LogP contribution in [0.3, 0.4) is 0 Å². The molecule has 0 aliphatic rings. The molecule has 0 saturated heterocycles. The fraction of sp³-hybridized carbons (Fsp3) is 0.103. The number of hydrogen-bond donors (Lipinski definition) is 2. The number of aryl methyl sites for hydroxylation is 1. The summed E-state index contributed by atoms with van der Waals surface area (Å²) in [6, 6.07) is 23.2. The molecule has 0 aliphatic heterocycles. The SMILES string of the molecule is O=C(CCc1ncc(-c2ccc(F)cc2F)o1)NC(c1ccccc1)c1c(O)ccc2ccccc12. The molecule has 4 aromatic carbocycles. The van der Waals surface area contributed by atoms with E-state index in [1.165, 1.54) is 12.3 Å². The molecule has 0 bridgehead atoms. The number of oxazole rings is 1. The van der Waals surface area contributed by atoms with E-state index in [1.54, 1.807) is 6.07 Å². The molecule has 1 amide bonds. The molecule has 7 heteroatoms. The summed E-state index contributed by atoms with van der Waals surface area (Å²) in [6.07, 6.45) is 1.59. The van der Waals surface area contributed by atoms with E-state index in [9.17, 15) is 18.7 Å². The van der Waals surface area contributed by atoms with Gasteiger partial charge in [-0.1, -0.05) is 60.7 Å². The van der Waals surface area contributed by atoms with E-state index in [0.717, 1.165) is 28.5 Å². The number of fused-ring (bicyclic) bond motifs is 1. The zero-order chi connectivity index (χ0) is 25.1. The normalized spacial score (nSPS) is 11.9. The van der Waals surface area contributed by atoms with Crippen molar-refractivity contribution in [2.75, 3.05) is 0 Å². The van der Waals surface area contributed by atoms with Gasteiger partial charge in [0.25, 0.3) is 0 Å². The molecular formula is C29H22F2N2O3. The third kappa shape index (κ3) is 4.81. The summed E-state index contributed by atoms with van der Waals surface area (Å²) in [5.41, 5.74) is 1.52. The highest BCUT2D eigenvalue weighted by atomic mass is 19.1. The summed E-state index contributed by atoms with van der Waals surface area (Å²) in [5.74, 6) is -1.21. The number of rotatable bonds is 7. The number of aromatic hydroxyl groups is 1. The molecule has 5 aromatic rings. The summed E-state index contributed by atoms with van der Waals surface area (Å²) >= 11 is 0. The standard InChI is InChI=1S/C29H22F2N2O3/c30-20-11-12-22(23(31)16-20)25-17-32-27(36-25)15-14-26(35)33-29(19-7-2-1-3-8-19)28-21-9-5-4-6-18(21)10-13-24(28)34/h1-13,16-17,29,34H,14-15H2,(H,33,35). The quantitative estimate of drug-likeness (QED) is 0.284. The van der Waals surface area contributed by atoms with Gasteiger partial charge in [-0.05, 0) is 34.5 Å². The maximum Gasteiger partial charge on any atom is 0.221 e. The van der Waals surface area contributed by atoms with Crippen LogP contribution < -0.4 is 5.32 Å². The number of aromatic nitrogens is 1. The van der Waals surface area contributed by atoms with Crippen LogP contribution in [0.5, 0.6) is 5.75 Å². The van der Waals surface area contributed by atoms with E-state index in [1.807, 2.05) is 60.7 Å². The third-order valence-electron chi connectivity index (χ3n) is 5.99. The second-order valence-corrected chi connectivity index (χ2v) is 8.37. The number of hydrogen-bond acceptors (Lipinski definition) is 4. The number of carbonyl (C=O) groups is 1. The molecule has 36 heavy (non-hydrogen) atoms. The molecule has 0 saturated carbocycles. The molecule has 0 radical (unpaired) electrons. The minimum Gasteiger partial charge on any atom is -0.508 e. The van der Waals surface area contributed by atoms with Gasteiger partial charge in [0.15, 0.2) is 11.7 Å². The Kier molecular flexibility index (Phi) is 6.45. The zero-order valence-electron chi connectivity index (χ0n) is 19.1. The van der Waals surface area contributed by atoms with Gasteiger partial charge in [0.05, 0.1) is 17.8 Å². The predicted molar refractivity (Wildman–Crippen MR) is 132 cm³/mol. The maximum atomic E-state index is 14.1. The number of carbonyl (C=O) groups excluding carboxylic acids is 1. The van der Waals surface area contributed by atoms with Crippen molar-refractivity contribution in [1.82, 2.24) is 10.3 Å². The van der Waals surface area contributed by atoms with E-state index in [-0.39, 0.29) is 41.7 Å². The number of phenolic OH excluding ortho intramolecular Hbond substituents is 1. The van der Waals surface area contributed by atoms with Crippen LogP contribution in [0.1, 0.15) is 29.5 Å². The Bertz CT molecular complexity index is 1530. The van der Waals surface area contributed by atoms with Gasteiger partial charge >= 0.3 is 0 Å². The average Bonchev–Trinajstić information content (AvgIpc) is 3.36. The van der Waals surface area contributed by atoms with Crippen molar-refractivity contribution in [3.05, 3.63) is 120 Å². The monoisotopic (exact) mass is 484 g/mol. The van der Waals surface area contributed by atoms with Gasteiger partial charge in [-0.25, -0.2) is 13.8 Å². The molecule has 2 N–H and O–H groups in total. The molecule has 1 heterocycles. The zero-order valence-corrected chi connectivity index (χ0v) is 19.1. The second kappa shape index (κ2) is 10.00. The molecule has 1 aromatic heterocycles. The maximum absolute atomic E-state index is 14.1. The highest BCUT2D eigenvalue weighted by Crippen LogP contribution is 2.36. The molecule has 5 nitrogen and oxygen atoms in total. The Morgan fingerprint density at radius 2 is 1.75 bits per heavy atom. The molecule has 1 atom stereocenters. The minimum atomic E-state index is -0.754. The first kappa shape index (κ1) is 23.2. The van der Waals surface area contributed by atoms with Gasteiger partial charge in [0, 0.05) is 24.5 Å². The summed E-state index contributed by atoms with van der Waals surface area (Å²) in [7, 11) is 0. The number of nitrogens with zero attached hydrogens (tertiary/aromatic N) is 1. The van der Waals surface area contributed by atoms with E-state index in [2.05, 4.69) is 10.3 Å². The molecule has 180 valence electrons. The Labute approximate surface area is 206 Å². The largest absolute Gasteiger partial charge is 0.508 e. The summed E-state index contributed by atoms with van der Waals surface area (Å²) in [5, 5.41) is 15.6. The highest BCUT2D eigenvalue weighted by Gasteiger charge is 2.23. The van der Waals surface area contributed by atoms with Crippen LogP contribution >= 0.6 is 0 Å². The minimum absolute atomic E-state index is 0.0563. The molecule has 5 rings (SSSR count). The van der Waals surface area contributed by atoms with Crippen LogP contribution in [0.4, 0.5) is 8.78 Å². The first-order valence-corrected chi connectivity index (χ1v) is 11.4. The first-order chi connectivity index (χ1) is 17.5. The van der Waals surface area contributed by atoms with Gasteiger partial charge in [-0.3, -0.25) is 4.79 Å². The lowest BCUT2D eigenvalue weighted by Crippen LogP contribution is -2.29. The Hall–Kier alpha value is -4.52. The third-order valence-corrected chi connectivity index (χ3v) is 5.99. The molecule has 0 fully saturated rings. The van der Waals surface area contributed by atoms with Crippen molar-refractivity contribution in [3.8, 4) is 17.1 Å². The van der Waals surface area contributed by atoms with Gasteiger partial charge < -0.3 is 14.8 Å². The second-order valence-electron chi connectivity index (χ2n) is 8.37. The van der Waals surface area contributed by atoms with Crippen LogP contribution in [0.25, 0.3) is 22.1 Å². The summed E-state index contributed by atoms with van der Waals surface area (Å²) < 4.78 is 32.8. The van der Waals surface area contributed by atoms with E-state index < -0.39 is 17.7 Å². The van der Waals surface area contributed by atoms with Crippen LogP contribution in [0.2, 0.25) is 0 Å². The Balaban J connectivity index is 1.37. The fourth-order valence-electron chi connectivity index (χ4n) is 4.25. The highest BCUT2D eigenvalue weighted by molar-refractivity contribution is 5.89. The van der Waals surface area contributed by atoms with Crippen LogP contribution in [0.15, 0.2) is 95.5 Å². The van der Waals surface area contributed by atoms with Crippen molar-refractivity contribution < 1.29 is 23.1 Å². The summed E-state index contributed by atoms with van der Waals surface area (Å²) in [4.78, 5) is 17.2. The number of nitrogens with one attached hydrogen (secondary N) is 1. The number of halogens is 2. The average molecular weight is 485 g/mol. The number of benzene rings is 4. The lowest BCUT2D eigenvalue weighted by molar-refractivity contribution is -0.121. The van der Waals surface area contributed by atoms with Gasteiger partial charge in [-0.15, -0.1) is 0 Å². The first-order valence-electron chi connectivity index (χ1n) is 11.4. The lowest BCUT2D eigenvalue weighted by Gasteiger charge is -2.22. The van der Waals surface area contributed by atoms with Crippen molar-refractivity contribution in [3.63, 3.8) is 0 Å². The van der Waals surface area contributed by atoms with Crippen LogP contribution in [0, 0.1) is 11.6 Å². The van der Waals surface area contributed by atoms with Crippen molar-refractivity contribution in [1.29, 1.82) is 0 Å². The van der Waals surface area contributed by atoms with Crippen LogP contribution in [-0.2, 0) is 11.2 Å². The molecule has 0 aliphatic carbocycles. The lowest BCUT2D eigenvalue weighted by atomic mass is 9.92. The van der Waals surface area contributed by atoms with E-state index in [4.69, 9.17) is 4.42 Å².